The second-order valence-electron chi connectivity index (χ2n) is 9.21. The van der Waals surface area contributed by atoms with Crippen LogP contribution in [0.15, 0.2) is 48.0 Å². The number of ether oxygens (including phenoxy) is 1. The van der Waals surface area contributed by atoms with Crippen LogP contribution < -0.4 is 14.7 Å². The minimum absolute atomic E-state index is 0.171. The molecule has 9 heteroatoms. The van der Waals surface area contributed by atoms with E-state index in [1.54, 1.807) is 24.3 Å². The maximum absolute atomic E-state index is 13.7. The number of unbranched alkanes of at least 4 members (excludes halogenated alkanes) is 1. The maximum atomic E-state index is 13.7. The van der Waals surface area contributed by atoms with E-state index in [2.05, 4.69) is 6.92 Å². The van der Waals surface area contributed by atoms with E-state index < -0.39 is 28.4 Å². The number of quaternary nitrogens is 1. The van der Waals surface area contributed by atoms with E-state index in [-0.39, 0.29) is 23.4 Å². The van der Waals surface area contributed by atoms with Gasteiger partial charge in [0.05, 0.1) is 43.8 Å². The monoisotopic (exact) mass is 509 g/mol. The number of non-ortho nitro benzene ring substituents is 1. The van der Waals surface area contributed by atoms with Gasteiger partial charge in [-0.2, -0.15) is 0 Å². The van der Waals surface area contributed by atoms with Crippen molar-refractivity contribution in [1.29, 1.82) is 0 Å². The second kappa shape index (κ2) is 12.5. The molecule has 0 aromatic heterocycles. The largest absolute Gasteiger partial charge is 0.872 e. The van der Waals surface area contributed by atoms with Crippen molar-refractivity contribution in [2.75, 3.05) is 32.8 Å². The predicted octanol–water partition coefficient (Wildman–Crippen LogP) is 2.23. The van der Waals surface area contributed by atoms with E-state index >= 15 is 0 Å². The minimum Gasteiger partial charge on any atom is -0.872 e. The number of nitrogens with zero attached hydrogens (tertiary/aromatic N) is 2. The Morgan fingerprint density at radius 1 is 1.11 bits per heavy atom. The number of benzene rings is 2. The van der Waals surface area contributed by atoms with Crippen molar-refractivity contribution in [3.63, 3.8) is 0 Å². The van der Waals surface area contributed by atoms with Crippen LogP contribution in [0.25, 0.3) is 5.76 Å². The summed E-state index contributed by atoms with van der Waals surface area (Å²) in [5.41, 5.74) is 1.02. The average molecular weight is 510 g/mol. The highest BCUT2D eigenvalue weighted by molar-refractivity contribution is 6.46. The van der Waals surface area contributed by atoms with Crippen LogP contribution in [0.2, 0.25) is 0 Å². The lowest BCUT2D eigenvalue weighted by molar-refractivity contribution is -0.895. The smallest absolute Gasteiger partial charge is 0.295 e. The number of rotatable bonds is 12. The molecule has 1 heterocycles. The average Bonchev–Trinajstić information content (AvgIpc) is 3.15. The van der Waals surface area contributed by atoms with Gasteiger partial charge in [-0.25, -0.2) is 0 Å². The van der Waals surface area contributed by atoms with Crippen molar-refractivity contribution in [2.45, 2.75) is 46.6 Å². The molecule has 0 spiro atoms. The third kappa shape index (κ3) is 6.17. The Morgan fingerprint density at radius 3 is 2.46 bits per heavy atom. The Morgan fingerprint density at radius 2 is 1.84 bits per heavy atom. The molecule has 0 bridgehead atoms. The number of hydrogen-bond donors (Lipinski definition) is 1. The van der Waals surface area contributed by atoms with Crippen LogP contribution in [-0.2, 0) is 9.59 Å². The number of carbonyl (C=O) groups is 2. The fourth-order valence-electron chi connectivity index (χ4n) is 4.57. The molecule has 1 unspecified atom stereocenters. The van der Waals surface area contributed by atoms with Gasteiger partial charge in [0.15, 0.2) is 0 Å². The van der Waals surface area contributed by atoms with Gasteiger partial charge in [-0.3, -0.25) is 19.7 Å². The molecular weight excluding hydrogens is 474 g/mol. The van der Waals surface area contributed by atoms with Crippen LogP contribution in [0, 0.1) is 17.0 Å². The van der Waals surface area contributed by atoms with Gasteiger partial charge in [0, 0.05) is 17.7 Å². The van der Waals surface area contributed by atoms with Gasteiger partial charge in [-0.1, -0.05) is 37.3 Å². The lowest BCUT2D eigenvalue weighted by Crippen LogP contribution is -3.12. The Kier molecular flexibility index (Phi) is 9.41. The molecule has 2 aromatic rings. The third-order valence-electron chi connectivity index (χ3n) is 6.83. The highest BCUT2D eigenvalue weighted by Crippen LogP contribution is 2.39. The highest BCUT2D eigenvalue weighted by atomic mass is 16.6. The van der Waals surface area contributed by atoms with Gasteiger partial charge in [-0.05, 0) is 56.0 Å². The lowest BCUT2D eigenvalue weighted by Gasteiger charge is -2.28. The van der Waals surface area contributed by atoms with Crippen molar-refractivity contribution < 1.29 is 29.3 Å². The molecule has 0 aliphatic carbocycles. The molecule has 1 fully saturated rings. The number of hydrogen-bond acceptors (Lipinski definition) is 6. The number of amides is 1. The van der Waals surface area contributed by atoms with Gasteiger partial charge in [0.2, 0.25) is 5.78 Å². The summed E-state index contributed by atoms with van der Waals surface area (Å²) < 4.78 is 5.78. The predicted molar refractivity (Wildman–Crippen MR) is 138 cm³/mol. The number of likely N-dealkylation sites (tertiary alicyclic amines) is 1. The lowest BCUT2D eigenvalue weighted by atomic mass is 9.94. The fraction of sp³-hybridized carbons (Fsp3) is 0.429. The van der Waals surface area contributed by atoms with Crippen molar-refractivity contribution in [1.82, 2.24) is 4.90 Å². The molecule has 1 N–H and O–H groups in total. The molecule has 1 saturated heterocycles. The van der Waals surface area contributed by atoms with Crippen molar-refractivity contribution in [3.05, 3.63) is 74.8 Å². The first-order valence-electron chi connectivity index (χ1n) is 12.8. The summed E-state index contributed by atoms with van der Waals surface area (Å²) in [6, 6.07) is 9.74. The molecule has 1 aliphatic heterocycles. The van der Waals surface area contributed by atoms with Crippen LogP contribution >= 0.6 is 0 Å². The number of nitro groups is 1. The molecule has 1 aliphatic rings. The number of nitro benzene ring substituents is 1. The zero-order valence-corrected chi connectivity index (χ0v) is 21.9. The number of carbonyl (C=O) groups excluding carboxylic acids is 2. The molecule has 198 valence electrons. The quantitative estimate of drug-likeness (QED) is 0.117. The number of aryl methyl sites for hydroxylation is 1. The van der Waals surface area contributed by atoms with Crippen LogP contribution in [0.1, 0.15) is 56.3 Å². The summed E-state index contributed by atoms with van der Waals surface area (Å²) in [5.74, 6) is -1.53. The summed E-state index contributed by atoms with van der Waals surface area (Å²) >= 11 is 0. The Hall–Kier alpha value is -3.72. The molecule has 37 heavy (non-hydrogen) atoms. The van der Waals surface area contributed by atoms with E-state index in [0.29, 0.717) is 24.5 Å². The Balaban J connectivity index is 2.09. The summed E-state index contributed by atoms with van der Waals surface area (Å²) in [7, 11) is 0. The minimum atomic E-state index is -0.997. The van der Waals surface area contributed by atoms with Gasteiger partial charge < -0.3 is 19.6 Å². The topological polar surface area (TPSA) is 117 Å². The summed E-state index contributed by atoms with van der Waals surface area (Å²) in [6.45, 7) is 11.0. The summed E-state index contributed by atoms with van der Waals surface area (Å²) in [4.78, 5) is 39.9. The molecular formula is C28H35N3O6. The number of likely N-dealkylation sites (N-methyl/N-ethyl adjacent to an activating group) is 1. The molecule has 0 radical (unpaired) electrons. The SMILES string of the molecule is CCCCOc1ccc(C([O-])=C2C(=O)C(=O)N(CC[NH+](CC)CC)C2c2cccc([N+](=O)[O-])c2)cc1C. The van der Waals surface area contributed by atoms with E-state index in [1.165, 1.54) is 28.0 Å². The first kappa shape index (κ1) is 27.9. The van der Waals surface area contributed by atoms with Crippen LogP contribution in [0.4, 0.5) is 5.69 Å². The van der Waals surface area contributed by atoms with Crippen LogP contribution in [0.3, 0.4) is 0 Å². The first-order chi connectivity index (χ1) is 17.7. The van der Waals surface area contributed by atoms with E-state index in [4.69, 9.17) is 4.74 Å². The summed E-state index contributed by atoms with van der Waals surface area (Å²) in [5, 5.41) is 25.1. The zero-order chi connectivity index (χ0) is 27.1. The molecule has 1 amide bonds. The molecule has 9 nitrogen and oxygen atoms in total. The van der Waals surface area contributed by atoms with Crippen LogP contribution in [-0.4, -0.2) is 54.3 Å². The highest BCUT2D eigenvalue weighted by Gasteiger charge is 2.44. The third-order valence-corrected chi connectivity index (χ3v) is 6.83. The number of Topliss-reactive ketones (excluding diaryl/α,β-unsaturated/α-hetero) is 1. The van der Waals surface area contributed by atoms with Gasteiger partial charge in [0.25, 0.3) is 11.6 Å². The standard InChI is InChI=1S/C28H35N3O6/c1-5-8-16-37-23-13-12-21(17-19(23)4)26(32)24-25(20-10-9-11-22(18-20)31(35)36)30(28(34)27(24)33)15-14-29(6-2)7-3/h9-13,17-18,25,32H,5-8,14-16H2,1-4H3. The number of nitrogens with one attached hydrogen (secondary N) is 1. The van der Waals surface area contributed by atoms with E-state index in [0.717, 1.165) is 31.5 Å². The molecule has 3 rings (SSSR count). The normalized spacial score (nSPS) is 17.0. The summed E-state index contributed by atoms with van der Waals surface area (Å²) in [6.07, 6.45) is 1.90. The molecule has 1 atom stereocenters. The second-order valence-corrected chi connectivity index (χ2v) is 9.21. The number of ketones is 1. The van der Waals surface area contributed by atoms with Crippen molar-refractivity contribution >= 4 is 23.1 Å². The van der Waals surface area contributed by atoms with Crippen molar-refractivity contribution in [2.24, 2.45) is 0 Å². The van der Waals surface area contributed by atoms with Crippen LogP contribution in [0.5, 0.6) is 5.75 Å². The van der Waals surface area contributed by atoms with Gasteiger partial charge >= 0.3 is 0 Å². The van der Waals surface area contributed by atoms with Crippen molar-refractivity contribution in [3.8, 4) is 5.75 Å². The first-order valence-corrected chi connectivity index (χ1v) is 12.8. The van der Waals surface area contributed by atoms with E-state index in [9.17, 15) is 24.8 Å². The maximum Gasteiger partial charge on any atom is 0.295 e. The fourth-order valence-corrected chi connectivity index (χ4v) is 4.57. The Labute approximate surface area is 217 Å². The molecule has 0 saturated carbocycles. The van der Waals surface area contributed by atoms with E-state index in [1.807, 2.05) is 20.8 Å². The molecule has 2 aromatic carbocycles. The zero-order valence-electron chi connectivity index (χ0n) is 21.9. The van der Waals surface area contributed by atoms with Gasteiger partial charge in [-0.15, -0.1) is 0 Å². The Bertz CT molecular complexity index is 1190. The van der Waals surface area contributed by atoms with Gasteiger partial charge in [0.1, 0.15) is 5.75 Å².